The highest BCUT2D eigenvalue weighted by molar-refractivity contribution is 7.09. The molecule has 0 saturated carbocycles. The van der Waals surface area contributed by atoms with Crippen LogP contribution >= 0.6 is 11.3 Å². The Kier molecular flexibility index (Phi) is 4.93. The molecular weight excluding hydrogens is 262 g/mol. The van der Waals surface area contributed by atoms with Gasteiger partial charge in [0.2, 0.25) is 0 Å². The third kappa shape index (κ3) is 4.65. The van der Waals surface area contributed by atoms with Crippen molar-refractivity contribution in [2.45, 2.75) is 19.4 Å². The summed E-state index contributed by atoms with van der Waals surface area (Å²) >= 11 is 1.77. The van der Waals surface area contributed by atoms with E-state index in [9.17, 15) is 4.79 Å². The van der Waals surface area contributed by atoms with Crippen molar-refractivity contribution in [3.63, 3.8) is 0 Å². The maximum Gasteiger partial charge on any atom is 0.313 e. The van der Waals surface area contributed by atoms with Crippen LogP contribution in [0.3, 0.4) is 0 Å². The van der Waals surface area contributed by atoms with E-state index in [0.29, 0.717) is 12.5 Å². The standard InChI is InChI=1S/C13H19N3O2S/c14-12(15)6-13(17)18-9-10-3-4-16(7-10)8-11-2-1-5-19-11/h1-2,5,10H,3-4,6-9H2,(H3,14,15). The molecule has 19 heavy (non-hydrogen) atoms. The molecule has 1 unspecified atom stereocenters. The van der Waals surface area contributed by atoms with Gasteiger partial charge in [0, 0.05) is 23.9 Å². The molecular formula is C13H19N3O2S. The van der Waals surface area contributed by atoms with E-state index in [4.69, 9.17) is 15.9 Å². The number of ether oxygens (including phenoxy) is 1. The summed E-state index contributed by atoms with van der Waals surface area (Å²) in [6, 6.07) is 4.21. The van der Waals surface area contributed by atoms with Crippen LogP contribution in [0.25, 0.3) is 0 Å². The van der Waals surface area contributed by atoms with Crippen molar-refractivity contribution in [1.29, 1.82) is 5.41 Å². The van der Waals surface area contributed by atoms with E-state index in [1.54, 1.807) is 11.3 Å². The fourth-order valence-corrected chi connectivity index (χ4v) is 2.98. The van der Waals surface area contributed by atoms with Gasteiger partial charge in [-0.05, 0) is 24.4 Å². The second kappa shape index (κ2) is 6.68. The van der Waals surface area contributed by atoms with Crippen molar-refractivity contribution in [2.75, 3.05) is 19.7 Å². The molecule has 0 aliphatic carbocycles. The highest BCUT2D eigenvalue weighted by atomic mass is 32.1. The van der Waals surface area contributed by atoms with Gasteiger partial charge < -0.3 is 10.5 Å². The minimum Gasteiger partial charge on any atom is -0.465 e. The predicted octanol–water partition coefficient (Wildman–Crippen LogP) is 1.44. The SMILES string of the molecule is N=C(N)CC(=O)OCC1CCN(Cc2cccs2)C1. The molecule has 3 N–H and O–H groups in total. The van der Waals surface area contributed by atoms with E-state index in [-0.39, 0.29) is 12.3 Å². The summed E-state index contributed by atoms with van der Waals surface area (Å²) in [6.07, 6.45) is 0.949. The van der Waals surface area contributed by atoms with Crippen LogP contribution in [-0.2, 0) is 16.1 Å². The van der Waals surface area contributed by atoms with Gasteiger partial charge in [0.1, 0.15) is 12.3 Å². The van der Waals surface area contributed by atoms with Crippen LogP contribution in [0.2, 0.25) is 0 Å². The van der Waals surface area contributed by atoms with Crippen molar-refractivity contribution in [3.05, 3.63) is 22.4 Å². The Morgan fingerprint density at radius 3 is 3.16 bits per heavy atom. The van der Waals surface area contributed by atoms with E-state index in [2.05, 4.69) is 22.4 Å². The maximum atomic E-state index is 11.3. The minimum absolute atomic E-state index is 0.106. The minimum atomic E-state index is -0.399. The van der Waals surface area contributed by atoms with Crippen LogP contribution in [0.4, 0.5) is 0 Å². The van der Waals surface area contributed by atoms with Gasteiger partial charge in [0.25, 0.3) is 0 Å². The van der Waals surface area contributed by atoms with E-state index in [0.717, 1.165) is 26.1 Å². The number of hydrogen-bond donors (Lipinski definition) is 2. The number of nitrogens with two attached hydrogens (primary N) is 1. The van der Waals surface area contributed by atoms with Crippen molar-refractivity contribution in [2.24, 2.45) is 11.7 Å². The van der Waals surface area contributed by atoms with Gasteiger partial charge in [-0.1, -0.05) is 6.07 Å². The van der Waals surface area contributed by atoms with Gasteiger partial charge >= 0.3 is 5.97 Å². The summed E-state index contributed by atoms with van der Waals surface area (Å²) in [6.45, 7) is 3.43. The number of nitrogens with one attached hydrogen (secondary N) is 1. The lowest BCUT2D eigenvalue weighted by Gasteiger charge is -2.15. The second-order valence-electron chi connectivity index (χ2n) is 4.85. The first kappa shape index (κ1) is 14.0. The Bertz CT molecular complexity index is 433. The molecule has 5 nitrogen and oxygen atoms in total. The lowest BCUT2D eigenvalue weighted by atomic mass is 10.1. The normalized spacial score (nSPS) is 19.5. The molecule has 0 bridgehead atoms. The summed E-state index contributed by atoms with van der Waals surface area (Å²) in [5.41, 5.74) is 5.15. The van der Waals surface area contributed by atoms with Crippen molar-refractivity contribution >= 4 is 23.1 Å². The molecule has 1 fully saturated rings. The van der Waals surface area contributed by atoms with E-state index >= 15 is 0 Å². The molecule has 0 spiro atoms. The summed E-state index contributed by atoms with van der Waals surface area (Å²) in [5.74, 6) is -0.143. The van der Waals surface area contributed by atoms with Crippen molar-refractivity contribution in [3.8, 4) is 0 Å². The fraction of sp³-hybridized carbons (Fsp3) is 0.538. The van der Waals surface area contributed by atoms with Crippen LogP contribution < -0.4 is 5.73 Å². The highest BCUT2D eigenvalue weighted by Gasteiger charge is 2.23. The molecule has 0 amide bonds. The van der Waals surface area contributed by atoms with Gasteiger partial charge in [-0.3, -0.25) is 15.1 Å². The van der Waals surface area contributed by atoms with E-state index in [1.807, 2.05) is 0 Å². The summed E-state index contributed by atoms with van der Waals surface area (Å²) in [4.78, 5) is 15.0. The van der Waals surface area contributed by atoms with Crippen LogP contribution in [0.5, 0.6) is 0 Å². The molecule has 2 rings (SSSR count). The van der Waals surface area contributed by atoms with Crippen LogP contribution in [0, 0.1) is 11.3 Å². The molecule has 1 aliphatic rings. The summed E-state index contributed by atoms with van der Waals surface area (Å²) in [5, 5.41) is 9.11. The van der Waals surface area contributed by atoms with Gasteiger partial charge in [-0.25, -0.2) is 0 Å². The van der Waals surface area contributed by atoms with Gasteiger partial charge in [-0.15, -0.1) is 11.3 Å². The van der Waals surface area contributed by atoms with Crippen LogP contribution in [-0.4, -0.2) is 36.4 Å². The molecule has 2 heterocycles. The Hall–Kier alpha value is -1.40. The van der Waals surface area contributed by atoms with Gasteiger partial charge in [0.05, 0.1) is 6.61 Å². The molecule has 1 aliphatic heterocycles. The Morgan fingerprint density at radius 2 is 2.47 bits per heavy atom. The van der Waals surface area contributed by atoms with E-state index in [1.165, 1.54) is 4.88 Å². The molecule has 1 atom stereocenters. The third-order valence-corrected chi connectivity index (χ3v) is 4.01. The number of esters is 1. The zero-order valence-electron chi connectivity index (χ0n) is 10.8. The highest BCUT2D eigenvalue weighted by Crippen LogP contribution is 2.20. The summed E-state index contributed by atoms with van der Waals surface area (Å²) in [7, 11) is 0. The number of amidine groups is 1. The topological polar surface area (TPSA) is 79.4 Å². The number of thiophene rings is 1. The third-order valence-electron chi connectivity index (χ3n) is 3.14. The molecule has 104 valence electrons. The first-order valence-electron chi connectivity index (χ1n) is 6.36. The van der Waals surface area contributed by atoms with Crippen LogP contribution in [0.1, 0.15) is 17.7 Å². The Balaban J connectivity index is 1.67. The van der Waals surface area contributed by atoms with Gasteiger partial charge in [-0.2, -0.15) is 0 Å². The number of rotatable bonds is 6. The molecule has 1 saturated heterocycles. The number of nitrogens with zero attached hydrogens (tertiary/aromatic N) is 1. The number of likely N-dealkylation sites (tertiary alicyclic amines) is 1. The Morgan fingerprint density at radius 1 is 1.63 bits per heavy atom. The molecule has 0 aromatic carbocycles. The average Bonchev–Trinajstić information content (AvgIpc) is 2.98. The maximum absolute atomic E-state index is 11.3. The zero-order chi connectivity index (χ0) is 13.7. The zero-order valence-corrected chi connectivity index (χ0v) is 11.6. The molecule has 6 heteroatoms. The monoisotopic (exact) mass is 281 g/mol. The lowest BCUT2D eigenvalue weighted by molar-refractivity contribution is -0.143. The van der Waals surface area contributed by atoms with Crippen molar-refractivity contribution in [1.82, 2.24) is 4.90 Å². The van der Waals surface area contributed by atoms with E-state index < -0.39 is 5.97 Å². The second-order valence-corrected chi connectivity index (χ2v) is 5.89. The van der Waals surface area contributed by atoms with Gasteiger partial charge in [0.15, 0.2) is 0 Å². The largest absolute Gasteiger partial charge is 0.465 e. The first-order valence-corrected chi connectivity index (χ1v) is 7.24. The number of hydrogen-bond acceptors (Lipinski definition) is 5. The van der Waals surface area contributed by atoms with Crippen LogP contribution in [0.15, 0.2) is 17.5 Å². The average molecular weight is 281 g/mol. The number of carbonyl (C=O) groups excluding carboxylic acids is 1. The Labute approximate surface area is 116 Å². The molecule has 1 aromatic heterocycles. The first-order chi connectivity index (χ1) is 9.13. The molecule has 1 aromatic rings. The smallest absolute Gasteiger partial charge is 0.313 e. The predicted molar refractivity (Wildman–Crippen MR) is 75.2 cm³/mol. The summed E-state index contributed by atoms with van der Waals surface area (Å²) < 4.78 is 5.14. The lowest BCUT2D eigenvalue weighted by Crippen LogP contribution is -2.23. The number of carbonyl (C=O) groups is 1. The quantitative estimate of drug-likeness (QED) is 0.470. The molecule has 0 radical (unpaired) electrons. The fourth-order valence-electron chi connectivity index (χ4n) is 2.23. The van der Waals surface area contributed by atoms with Crippen molar-refractivity contribution < 1.29 is 9.53 Å².